The Morgan fingerprint density at radius 1 is 1.44 bits per heavy atom. The molecule has 1 aromatic heterocycles. The van der Waals surface area contributed by atoms with Crippen molar-refractivity contribution in [1.29, 1.82) is 0 Å². The molecule has 1 fully saturated rings. The van der Waals surface area contributed by atoms with E-state index in [4.69, 9.17) is 14.6 Å². The van der Waals surface area contributed by atoms with E-state index in [0.29, 0.717) is 31.7 Å². The van der Waals surface area contributed by atoms with Gasteiger partial charge in [-0.3, -0.25) is 9.48 Å². The molecule has 0 unspecified atom stereocenters. The van der Waals surface area contributed by atoms with Crippen LogP contribution in [0.2, 0.25) is 0 Å². The van der Waals surface area contributed by atoms with Crippen LogP contribution in [0.5, 0.6) is 0 Å². The first-order chi connectivity index (χ1) is 12.3. The second-order valence-electron chi connectivity index (χ2n) is 5.98. The first-order valence-corrected chi connectivity index (χ1v) is 8.43. The summed E-state index contributed by atoms with van der Waals surface area (Å²) in [6.07, 6.45) is 4.17. The Hall–Kier alpha value is -2.22. The van der Waals surface area contributed by atoms with Gasteiger partial charge < -0.3 is 19.9 Å². The summed E-state index contributed by atoms with van der Waals surface area (Å²) in [5, 5.41) is 16.1. The van der Waals surface area contributed by atoms with Gasteiger partial charge in [0.25, 0.3) is 5.91 Å². The molecule has 2 aromatic rings. The van der Waals surface area contributed by atoms with Crippen LogP contribution in [-0.2, 0) is 16.0 Å². The Balaban J connectivity index is 1.63. The third-order valence-electron chi connectivity index (χ3n) is 4.13. The second-order valence-corrected chi connectivity index (χ2v) is 5.98. The number of nitrogens with zero attached hydrogens (tertiary/aromatic N) is 2. The van der Waals surface area contributed by atoms with Crippen LogP contribution in [0.15, 0.2) is 42.7 Å². The fourth-order valence-corrected chi connectivity index (χ4v) is 2.90. The molecule has 0 radical (unpaired) electrons. The van der Waals surface area contributed by atoms with E-state index in [1.165, 1.54) is 0 Å². The van der Waals surface area contributed by atoms with Crippen molar-refractivity contribution in [2.75, 3.05) is 26.4 Å². The predicted molar refractivity (Wildman–Crippen MR) is 91.3 cm³/mol. The van der Waals surface area contributed by atoms with E-state index in [2.05, 4.69) is 10.4 Å². The van der Waals surface area contributed by atoms with Gasteiger partial charge in [0.05, 0.1) is 38.5 Å². The minimum atomic E-state index is -0.220. The van der Waals surface area contributed by atoms with E-state index in [9.17, 15) is 4.79 Å². The van der Waals surface area contributed by atoms with E-state index >= 15 is 0 Å². The minimum Gasteiger partial charge on any atom is -0.394 e. The largest absolute Gasteiger partial charge is 0.394 e. The highest BCUT2D eigenvalue weighted by atomic mass is 16.5. The summed E-state index contributed by atoms with van der Waals surface area (Å²) in [5.74, 6) is -0.157. The molecule has 0 saturated carbocycles. The lowest BCUT2D eigenvalue weighted by Gasteiger charge is -2.32. The molecule has 0 bridgehead atoms. The number of hydrogen-bond donors (Lipinski definition) is 2. The van der Waals surface area contributed by atoms with Gasteiger partial charge in [-0.25, -0.2) is 0 Å². The Morgan fingerprint density at radius 3 is 3.16 bits per heavy atom. The molecule has 1 aliphatic heterocycles. The van der Waals surface area contributed by atoms with Gasteiger partial charge in [0.2, 0.25) is 0 Å². The Bertz CT molecular complexity index is 675. The normalized spacial score (nSPS) is 20.4. The lowest BCUT2D eigenvalue weighted by Crippen LogP contribution is -2.50. The maximum absolute atomic E-state index is 12.6. The molecular weight excluding hydrogens is 322 g/mol. The molecule has 2 heterocycles. The van der Waals surface area contributed by atoms with E-state index in [-0.39, 0.29) is 31.3 Å². The summed E-state index contributed by atoms with van der Waals surface area (Å²) in [6.45, 7) is 1.85. The molecule has 1 aliphatic rings. The van der Waals surface area contributed by atoms with E-state index in [1.807, 2.05) is 35.1 Å². The van der Waals surface area contributed by atoms with Crippen LogP contribution in [0.3, 0.4) is 0 Å². The van der Waals surface area contributed by atoms with Crippen LogP contribution >= 0.6 is 0 Å². The maximum Gasteiger partial charge on any atom is 0.251 e. The highest BCUT2D eigenvalue weighted by Gasteiger charge is 2.28. The fraction of sp³-hybridized carbons (Fsp3) is 0.444. The fourth-order valence-electron chi connectivity index (χ4n) is 2.90. The zero-order valence-electron chi connectivity index (χ0n) is 14.0. The molecule has 134 valence electrons. The summed E-state index contributed by atoms with van der Waals surface area (Å²) >= 11 is 0. The van der Waals surface area contributed by atoms with Crippen LogP contribution in [0, 0.1) is 0 Å². The average Bonchev–Trinajstić information content (AvgIpc) is 3.14. The smallest absolute Gasteiger partial charge is 0.251 e. The number of aliphatic hydroxyl groups excluding tert-OH is 1. The molecule has 2 atom stereocenters. The number of carbonyl (C=O) groups is 1. The van der Waals surface area contributed by atoms with Crippen LogP contribution < -0.4 is 5.32 Å². The lowest BCUT2D eigenvalue weighted by atomic mass is 10.0. The number of benzene rings is 1. The van der Waals surface area contributed by atoms with Crippen molar-refractivity contribution in [2.45, 2.75) is 25.1 Å². The third kappa shape index (κ3) is 4.88. The third-order valence-corrected chi connectivity index (χ3v) is 4.13. The van der Waals surface area contributed by atoms with Crippen LogP contribution in [-0.4, -0.2) is 59.4 Å². The molecule has 2 N–H and O–H groups in total. The number of ether oxygens (including phenoxy) is 2. The van der Waals surface area contributed by atoms with Gasteiger partial charge in [-0.1, -0.05) is 12.1 Å². The van der Waals surface area contributed by atoms with E-state index in [1.54, 1.807) is 12.3 Å². The molecule has 25 heavy (non-hydrogen) atoms. The number of rotatable bonds is 7. The SMILES string of the molecule is O=C(N[C@@H]1COCC[C@@H]1OCCO)c1cccc(Cn2cccn2)c1. The molecule has 0 aliphatic carbocycles. The highest BCUT2D eigenvalue weighted by Crippen LogP contribution is 2.14. The quantitative estimate of drug-likeness (QED) is 0.776. The monoisotopic (exact) mass is 345 g/mol. The van der Waals surface area contributed by atoms with Gasteiger partial charge in [-0.15, -0.1) is 0 Å². The molecule has 0 spiro atoms. The molecule has 1 aromatic carbocycles. The van der Waals surface area contributed by atoms with Crippen molar-refractivity contribution in [1.82, 2.24) is 15.1 Å². The molecule has 7 heteroatoms. The van der Waals surface area contributed by atoms with Gasteiger partial charge in [0, 0.05) is 24.6 Å². The van der Waals surface area contributed by atoms with Crippen molar-refractivity contribution in [3.63, 3.8) is 0 Å². The van der Waals surface area contributed by atoms with E-state index in [0.717, 1.165) is 5.56 Å². The van der Waals surface area contributed by atoms with Crippen LogP contribution in [0.25, 0.3) is 0 Å². The molecule has 7 nitrogen and oxygen atoms in total. The van der Waals surface area contributed by atoms with Gasteiger partial charge in [-0.2, -0.15) is 5.10 Å². The standard InChI is InChI=1S/C18H23N3O4/c22-8-10-25-17-5-9-24-13-16(17)20-18(23)15-4-1-3-14(11-15)12-21-7-2-6-19-21/h1-4,6-7,11,16-17,22H,5,8-10,12-13H2,(H,20,23)/t16-,17+/m1/s1. The van der Waals surface area contributed by atoms with Crippen molar-refractivity contribution >= 4 is 5.91 Å². The van der Waals surface area contributed by atoms with Crippen molar-refractivity contribution in [3.05, 3.63) is 53.9 Å². The number of nitrogens with one attached hydrogen (secondary N) is 1. The molecular formula is C18H23N3O4. The number of aromatic nitrogens is 2. The Kier molecular flexibility index (Phi) is 6.16. The predicted octanol–water partition coefficient (Wildman–Crippen LogP) is 0.828. The molecule has 1 amide bonds. The highest BCUT2D eigenvalue weighted by molar-refractivity contribution is 5.94. The first kappa shape index (κ1) is 17.6. The minimum absolute atomic E-state index is 0.0342. The Morgan fingerprint density at radius 2 is 2.36 bits per heavy atom. The van der Waals surface area contributed by atoms with Crippen LogP contribution in [0.1, 0.15) is 22.3 Å². The maximum atomic E-state index is 12.6. The topological polar surface area (TPSA) is 85.6 Å². The second kappa shape index (κ2) is 8.75. The van der Waals surface area contributed by atoms with Crippen molar-refractivity contribution in [3.8, 4) is 0 Å². The summed E-state index contributed by atoms with van der Waals surface area (Å²) in [5.41, 5.74) is 1.60. The van der Waals surface area contributed by atoms with Gasteiger partial charge >= 0.3 is 0 Å². The van der Waals surface area contributed by atoms with Gasteiger partial charge in [0.15, 0.2) is 0 Å². The summed E-state index contributed by atoms with van der Waals surface area (Å²) < 4.78 is 12.9. The summed E-state index contributed by atoms with van der Waals surface area (Å²) in [4.78, 5) is 12.6. The average molecular weight is 345 g/mol. The number of carbonyl (C=O) groups excluding carboxylic acids is 1. The summed E-state index contributed by atoms with van der Waals surface area (Å²) in [7, 11) is 0. The number of hydrogen-bond acceptors (Lipinski definition) is 5. The zero-order chi connectivity index (χ0) is 17.5. The Labute approximate surface area is 146 Å². The van der Waals surface area contributed by atoms with E-state index < -0.39 is 0 Å². The number of amides is 1. The lowest BCUT2D eigenvalue weighted by molar-refractivity contribution is -0.0612. The first-order valence-electron chi connectivity index (χ1n) is 8.43. The molecule has 1 saturated heterocycles. The summed E-state index contributed by atoms with van der Waals surface area (Å²) in [6, 6.07) is 9.13. The molecule has 3 rings (SSSR count). The van der Waals surface area contributed by atoms with Gasteiger partial charge in [-0.05, 0) is 30.2 Å². The number of aliphatic hydroxyl groups is 1. The zero-order valence-corrected chi connectivity index (χ0v) is 14.0. The van der Waals surface area contributed by atoms with Crippen molar-refractivity contribution in [2.24, 2.45) is 0 Å². The van der Waals surface area contributed by atoms with Crippen LogP contribution in [0.4, 0.5) is 0 Å². The van der Waals surface area contributed by atoms with Gasteiger partial charge in [0.1, 0.15) is 0 Å². The van der Waals surface area contributed by atoms with Crippen molar-refractivity contribution < 1.29 is 19.4 Å².